The molecule has 6 nitrogen and oxygen atoms in total. The maximum atomic E-state index is 12.4. The van der Waals surface area contributed by atoms with Gasteiger partial charge in [-0.05, 0) is 88.1 Å². The first-order valence-electron chi connectivity index (χ1n) is 13.1. The average molecular weight is 515 g/mol. The summed E-state index contributed by atoms with van der Waals surface area (Å²) in [6.07, 6.45) is 13.4. The highest BCUT2D eigenvalue weighted by Gasteiger charge is 2.17. The van der Waals surface area contributed by atoms with Gasteiger partial charge in [0.05, 0.1) is 23.8 Å². The van der Waals surface area contributed by atoms with Crippen LogP contribution in [0.15, 0.2) is 95.8 Å². The van der Waals surface area contributed by atoms with E-state index in [1.165, 1.54) is 5.57 Å². The Morgan fingerprint density at radius 1 is 0.816 bits per heavy atom. The molecule has 1 unspecified atom stereocenters. The number of rotatable bonds is 11. The lowest BCUT2D eigenvalue weighted by Gasteiger charge is -2.18. The maximum absolute atomic E-state index is 12.4. The first kappa shape index (κ1) is 27.1. The number of ether oxygens (including phenoxy) is 4. The summed E-state index contributed by atoms with van der Waals surface area (Å²) in [6.45, 7) is 5.21. The van der Waals surface area contributed by atoms with E-state index in [9.17, 15) is 9.59 Å². The van der Waals surface area contributed by atoms with Crippen molar-refractivity contribution < 1.29 is 28.5 Å². The minimum absolute atomic E-state index is 0.0424. The van der Waals surface area contributed by atoms with Crippen LogP contribution in [0, 0.1) is 6.92 Å². The third-order valence-corrected chi connectivity index (χ3v) is 6.30. The fourth-order valence-corrected chi connectivity index (χ4v) is 3.95. The number of unbranched alkanes of at least 4 members (excludes halogenated alkanes) is 1. The smallest absolute Gasteiger partial charge is 0.343 e. The van der Waals surface area contributed by atoms with Crippen molar-refractivity contribution in [3.05, 3.63) is 107 Å². The van der Waals surface area contributed by atoms with Gasteiger partial charge in [0.25, 0.3) is 0 Å². The summed E-state index contributed by atoms with van der Waals surface area (Å²) in [5.74, 6) is 1.22. The van der Waals surface area contributed by atoms with Crippen LogP contribution in [0.25, 0.3) is 0 Å². The molecule has 0 saturated heterocycles. The van der Waals surface area contributed by atoms with E-state index in [4.69, 9.17) is 18.9 Å². The van der Waals surface area contributed by atoms with Gasteiger partial charge in [0.1, 0.15) is 17.3 Å². The minimum Gasteiger partial charge on any atom is -0.494 e. The Bertz CT molecular complexity index is 1230. The van der Waals surface area contributed by atoms with Gasteiger partial charge in [-0.15, -0.1) is 0 Å². The van der Waals surface area contributed by atoms with Gasteiger partial charge in [-0.25, -0.2) is 9.59 Å². The Balaban J connectivity index is 1.08. The molecular formula is C32H34O6. The van der Waals surface area contributed by atoms with Gasteiger partial charge in [-0.1, -0.05) is 41.5 Å². The molecule has 0 saturated carbocycles. The molecule has 0 radical (unpaired) electrons. The molecule has 2 aliphatic rings. The second kappa shape index (κ2) is 13.6. The summed E-state index contributed by atoms with van der Waals surface area (Å²) >= 11 is 0. The molecule has 2 aromatic rings. The largest absolute Gasteiger partial charge is 0.494 e. The van der Waals surface area contributed by atoms with Gasteiger partial charge in [0.2, 0.25) is 0 Å². The third-order valence-electron chi connectivity index (χ3n) is 6.30. The predicted octanol–water partition coefficient (Wildman–Crippen LogP) is 6.81. The molecule has 0 aliphatic heterocycles. The zero-order chi connectivity index (χ0) is 26.7. The van der Waals surface area contributed by atoms with Crippen LogP contribution in [-0.4, -0.2) is 31.3 Å². The van der Waals surface area contributed by atoms with Gasteiger partial charge >= 0.3 is 11.9 Å². The van der Waals surface area contributed by atoms with E-state index in [0.29, 0.717) is 48.0 Å². The third kappa shape index (κ3) is 8.32. The van der Waals surface area contributed by atoms with Gasteiger partial charge in [0, 0.05) is 13.0 Å². The van der Waals surface area contributed by atoms with Gasteiger partial charge in [0.15, 0.2) is 0 Å². The van der Waals surface area contributed by atoms with Crippen molar-refractivity contribution in [1.29, 1.82) is 0 Å². The molecule has 6 heteroatoms. The molecule has 4 rings (SSSR count). The van der Waals surface area contributed by atoms with Gasteiger partial charge in [-0.3, -0.25) is 0 Å². The SMILES string of the molecule is CC1=CC=C(OC(=O)C2=CCC(OCCCCOc3ccc(C(=O)Oc4ccc(C)cc4)cc3)C=C2)CC1. The highest BCUT2D eigenvalue weighted by atomic mass is 16.5. The molecule has 0 spiro atoms. The Kier molecular flexibility index (Phi) is 9.71. The Labute approximate surface area is 224 Å². The second-order valence-electron chi connectivity index (χ2n) is 9.48. The predicted molar refractivity (Wildman–Crippen MR) is 146 cm³/mol. The standard InChI is InChI=1S/C32H34O6/c1-23-5-13-29(14-6-23)37-31(33)25-9-17-27(18-10-25)35-21-3-4-22-36-28-19-11-26(12-20-28)32(34)38-30-15-7-24(2)8-16-30/h5-7,9-15,17-19,28H,3-4,8,16,20-22H2,1-2H3. The summed E-state index contributed by atoms with van der Waals surface area (Å²) < 4.78 is 22.6. The van der Waals surface area contributed by atoms with Crippen LogP contribution < -0.4 is 9.47 Å². The van der Waals surface area contributed by atoms with E-state index in [-0.39, 0.29) is 12.1 Å². The zero-order valence-electron chi connectivity index (χ0n) is 22.0. The molecular weight excluding hydrogens is 480 g/mol. The lowest BCUT2D eigenvalue weighted by Crippen LogP contribution is -2.16. The number of aryl methyl sites for hydroxylation is 1. The van der Waals surface area contributed by atoms with Crippen molar-refractivity contribution in [2.24, 2.45) is 0 Å². The molecule has 0 aromatic heterocycles. The van der Waals surface area contributed by atoms with Crippen LogP contribution in [0.1, 0.15) is 54.9 Å². The topological polar surface area (TPSA) is 71.1 Å². The number of esters is 2. The quantitative estimate of drug-likeness (QED) is 0.186. The van der Waals surface area contributed by atoms with Crippen molar-refractivity contribution in [2.45, 2.75) is 52.1 Å². The number of hydrogen-bond donors (Lipinski definition) is 0. The molecule has 2 aromatic carbocycles. The summed E-state index contributed by atoms with van der Waals surface area (Å²) in [4.78, 5) is 24.7. The molecule has 0 amide bonds. The lowest BCUT2D eigenvalue weighted by molar-refractivity contribution is -0.134. The number of hydrogen-bond acceptors (Lipinski definition) is 6. The first-order chi connectivity index (χ1) is 18.5. The van der Waals surface area contributed by atoms with Crippen molar-refractivity contribution in [2.75, 3.05) is 13.2 Å². The summed E-state index contributed by atoms with van der Waals surface area (Å²) in [7, 11) is 0. The van der Waals surface area contributed by atoms with Crippen LogP contribution in [0.3, 0.4) is 0 Å². The molecule has 198 valence electrons. The molecule has 38 heavy (non-hydrogen) atoms. The molecule has 2 aliphatic carbocycles. The van der Waals surface area contributed by atoms with Crippen LogP contribution in [-0.2, 0) is 14.3 Å². The van der Waals surface area contributed by atoms with Crippen molar-refractivity contribution in [1.82, 2.24) is 0 Å². The Morgan fingerprint density at radius 2 is 1.55 bits per heavy atom. The lowest BCUT2D eigenvalue weighted by atomic mass is 10.0. The van der Waals surface area contributed by atoms with E-state index < -0.39 is 5.97 Å². The van der Waals surface area contributed by atoms with E-state index in [0.717, 1.165) is 31.2 Å². The number of benzene rings is 2. The fourth-order valence-electron chi connectivity index (χ4n) is 3.95. The Morgan fingerprint density at radius 3 is 2.24 bits per heavy atom. The molecule has 1 atom stereocenters. The van der Waals surface area contributed by atoms with Crippen molar-refractivity contribution in [3.63, 3.8) is 0 Å². The molecule has 0 N–H and O–H groups in total. The fraction of sp³-hybridized carbons (Fsp3) is 0.312. The second-order valence-corrected chi connectivity index (χ2v) is 9.48. The summed E-state index contributed by atoms with van der Waals surface area (Å²) in [6, 6.07) is 14.3. The Hall–Kier alpha value is -3.90. The highest BCUT2D eigenvalue weighted by Crippen LogP contribution is 2.22. The van der Waals surface area contributed by atoms with Crippen LogP contribution in [0.5, 0.6) is 11.5 Å². The molecule has 0 fully saturated rings. The summed E-state index contributed by atoms with van der Waals surface area (Å²) in [5.41, 5.74) is 3.44. The number of allylic oxidation sites excluding steroid dienone is 4. The van der Waals surface area contributed by atoms with Crippen LogP contribution in [0.4, 0.5) is 0 Å². The summed E-state index contributed by atoms with van der Waals surface area (Å²) in [5, 5.41) is 0. The van der Waals surface area contributed by atoms with E-state index in [1.54, 1.807) is 42.5 Å². The monoisotopic (exact) mass is 514 g/mol. The zero-order valence-corrected chi connectivity index (χ0v) is 22.0. The van der Waals surface area contributed by atoms with Gasteiger partial charge in [-0.2, -0.15) is 0 Å². The van der Waals surface area contributed by atoms with E-state index in [2.05, 4.69) is 6.92 Å². The highest BCUT2D eigenvalue weighted by molar-refractivity contribution is 5.92. The van der Waals surface area contributed by atoms with Gasteiger partial charge < -0.3 is 18.9 Å². The van der Waals surface area contributed by atoms with Crippen molar-refractivity contribution >= 4 is 11.9 Å². The van der Waals surface area contributed by atoms with Crippen molar-refractivity contribution in [3.8, 4) is 11.5 Å². The van der Waals surface area contributed by atoms with E-state index in [1.807, 2.05) is 43.4 Å². The normalized spacial score (nSPS) is 16.7. The number of carbonyl (C=O) groups is 2. The first-order valence-corrected chi connectivity index (χ1v) is 13.1. The maximum Gasteiger partial charge on any atom is 0.343 e. The minimum atomic E-state index is -0.401. The molecule has 0 heterocycles. The van der Waals surface area contributed by atoms with Crippen LogP contribution in [0.2, 0.25) is 0 Å². The van der Waals surface area contributed by atoms with Crippen LogP contribution >= 0.6 is 0 Å². The molecule has 0 bridgehead atoms. The number of carbonyl (C=O) groups excluding carboxylic acids is 2. The van der Waals surface area contributed by atoms with E-state index >= 15 is 0 Å². The average Bonchev–Trinajstić information content (AvgIpc) is 2.94.